The van der Waals surface area contributed by atoms with Crippen molar-refractivity contribution in [2.75, 3.05) is 18.8 Å². The van der Waals surface area contributed by atoms with Crippen molar-refractivity contribution in [1.82, 2.24) is 0 Å². The van der Waals surface area contributed by atoms with E-state index >= 15 is 0 Å². The summed E-state index contributed by atoms with van der Waals surface area (Å²) < 4.78 is 5.37. The van der Waals surface area contributed by atoms with Crippen LogP contribution >= 0.6 is 11.8 Å². The Hall–Kier alpha value is -0.470. The number of hydrogen-bond donors (Lipinski definition) is 0. The maximum Gasteiger partial charge on any atom is 0.0918 e. The lowest BCUT2D eigenvalue weighted by atomic mass is 10.1. The van der Waals surface area contributed by atoms with Crippen LogP contribution in [0.2, 0.25) is 0 Å². The average Bonchev–Trinajstić information content (AvgIpc) is 2.19. The molecule has 1 nitrogen and oxygen atoms in total. The number of hydrogen-bond acceptors (Lipinski definition) is 2. The number of thioether (sulfide) groups is 1. The second-order valence-electron chi connectivity index (χ2n) is 2.90. The number of aryl methyl sites for hydroxylation is 1. The summed E-state index contributed by atoms with van der Waals surface area (Å²) in [5.41, 5.74) is 1.40. The Morgan fingerprint density at radius 1 is 1.23 bits per heavy atom. The van der Waals surface area contributed by atoms with Crippen LogP contribution in [0, 0.1) is 0 Å². The van der Waals surface area contributed by atoms with E-state index in [-0.39, 0.29) is 0 Å². The Kier molecular flexibility index (Phi) is 5.70. The highest BCUT2D eigenvalue weighted by atomic mass is 32.2. The van der Waals surface area contributed by atoms with Crippen molar-refractivity contribution >= 4 is 11.8 Å². The molecule has 0 atom stereocenters. The summed E-state index contributed by atoms with van der Waals surface area (Å²) in [7, 11) is 0. The van der Waals surface area contributed by atoms with Crippen molar-refractivity contribution in [2.45, 2.75) is 12.8 Å². The molecule has 0 saturated heterocycles. The van der Waals surface area contributed by atoms with E-state index in [1.165, 1.54) is 5.56 Å². The summed E-state index contributed by atoms with van der Waals surface area (Å²) in [6.07, 6.45) is 4.29. The quantitative estimate of drug-likeness (QED) is 0.511. The molecule has 0 fully saturated rings. The molecule has 2 heteroatoms. The summed E-state index contributed by atoms with van der Waals surface area (Å²) in [6.45, 7) is 0.871. The van der Waals surface area contributed by atoms with E-state index in [4.69, 9.17) is 4.74 Å². The predicted molar refractivity (Wildman–Crippen MR) is 59.1 cm³/mol. The standard InChI is InChI=1S/C11H16OS/c1-13-10-12-9-5-8-11-6-3-2-4-7-11/h2-4,6-7H,5,8-10H2,1H3. The highest BCUT2D eigenvalue weighted by molar-refractivity contribution is 7.98. The minimum atomic E-state index is 0.814. The van der Waals surface area contributed by atoms with Gasteiger partial charge in [-0.05, 0) is 24.7 Å². The zero-order chi connectivity index (χ0) is 9.36. The van der Waals surface area contributed by atoms with Gasteiger partial charge in [0.2, 0.25) is 0 Å². The third kappa shape index (κ3) is 4.96. The van der Waals surface area contributed by atoms with Gasteiger partial charge in [-0.15, -0.1) is 11.8 Å². The van der Waals surface area contributed by atoms with Crippen molar-refractivity contribution < 1.29 is 4.74 Å². The highest BCUT2D eigenvalue weighted by Gasteiger charge is 1.91. The smallest absolute Gasteiger partial charge is 0.0918 e. The molecule has 0 radical (unpaired) electrons. The third-order valence-electron chi connectivity index (χ3n) is 1.80. The normalized spacial score (nSPS) is 10.2. The zero-order valence-corrected chi connectivity index (χ0v) is 8.85. The largest absolute Gasteiger partial charge is 0.371 e. The summed E-state index contributed by atoms with van der Waals surface area (Å²) in [6, 6.07) is 10.5. The molecule has 0 aromatic heterocycles. The van der Waals surface area contributed by atoms with Gasteiger partial charge >= 0.3 is 0 Å². The van der Waals surface area contributed by atoms with Crippen LogP contribution in [0.1, 0.15) is 12.0 Å². The summed E-state index contributed by atoms with van der Waals surface area (Å²) in [5, 5.41) is 0. The van der Waals surface area contributed by atoms with Crippen molar-refractivity contribution in [3.8, 4) is 0 Å². The Morgan fingerprint density at radius 2 is 2.00 bits per heavy atom. The molecular weight excluding hydrogens is 180 g/mol. The van der Waals surface area contributed by atoms with Gasteiger partial charge in [0, 0.05) is 6.61 Å². The fourth-order valence-corrected chi connectivity index (χ4v) is 1.45. The molecule has 0 spiro atoms. The number of rotatable bonds is 6. The van der Waals surface area contributed by atoms with Crippen LogP contribution in [0.15, 0.2) is 30.3 Å². The van der Waals surface area contributed by atoms with Crippen LogP contribution in [0.3, 0.4) is 0 Å². The molecule has 0 saturated carbocycles. The van der Waals surface area contributed by atoms with Gasteiger partial charge in [-0.1, -0.05) is 30.3 Å². The molecule has 0 aliphatic rings. The van der Waals surface area contributed by atoms with Gasteiger partial charge in [0.25, 0.3) is 0 Å². The molecule has 0 amide bonds. The lowest BCUT2D eigenvalue weighted by Gasteiger charge is -2.02. The van der Waals surface area contributed by atoms with E-state index in [9.17, 15) is 0 Å². The van der Waals surface area contributed by atoms with Gasteiger partial charge in [-0.25, -0.2) is 0 Å². The van der Waals surface area contributed by atoms with Crippen LogP contribution in [-0.2, 0) is 11.2 Å². The van der Waals surface area contributed by atoms with E-state index in [2.05, 4.69) is 30.5 Å². The van der Waals surface area contributed by atoms with Gasteiger partial charge in [0.05, 0.1) is 5.94 Å². The first-order chi connectivity index (χ1) is 6.43. The molecule has 0 unspecified atom stereocenters. The molecule has 13 heavy (non-hydrogen) atoms. The van der Waals surface area contributed by atoms with Crippen molar-refractivity contribution in [1.29, 1.82) is 0 Å². The number of ether oxygens (including phenoxy) is 1. The Labute approximate surface area is 84.5 Å². The third-order valence-corrected chi connectivity index (χ3v) is 2.20. The van der Waals surface area contributed by atoms with Crippen LogP contribution in [0.5, 0.6) is 0 Å². The average molecular weight is 196 g/mol. The highest BCUT2D eigenvalue weighted by Crippen LogP contribution is 2.02. The molecular formula is C11H16OS. The fraction of sp³-hybridized carbons (Fsp3) is 0.455. The first-order valence-corrected chi connectivity index (χ1v) is 5.93. The molecule has 0 heterocycles. The minimum absolute atomic E-state index is 0.814. The van der Waals surface area contributed by atoms with E-state index < -0.39 is 0 Å². The van der Waals surface area contributed by atoms with Gasteiger partial charge in [-0.2, -0.15) is 0 Å². The van der Waals surface area contributed by atoms with E-state index in [0.717, 1.165) is 25.4 Å². The van der Waals surface area contributed by atoms with Crippen LogP contribution in [-0.4, -0.2) is 18.8 Å². The lowest BCUT2D eigenvalue weighted by molar-refractivity contribution is 0.180. The first kappa shape index (κ1) is 10.6. The molecule has 1 aromatic carbocycles. The molecule has 1 aromatic rings. The van der Waals surface area contributed by atoms with Crippen LogP contribution in [0.4, 0.5) is 0 Å². The molecule has 0 aliphatic carbocycles. The van der Waals surface area contributed by atoms with Crippen molar-refractivity contribution in [3.63, 3.8) is 0 Å². The fourth-order valence-electron chi connectivity index (χ4n) is 1.17. The lowest BCUT2D eigenvalue weighted by Crippen LogP contribution is -1.95. The van der Waals surface area contributed by atoms with Gasteiger partial charge in [0.15, 0.2) is 0 Å². The zero-order valence-electron chi connectivity index (χ0n) is 8.03. The van der Waals surface area contributed by atoms with Gasteiger partial charge < -0.3 is 4.74 Å². The first-order valence-electron chi connectivity index (χ1n) is 4.54. The molecule has 1 rings (SSSR count). The Morgan fingerprint density at radius 3 is 2.69 bits per heavy atom. The van der Waals surface area contributed by atoms with Gasteiger partial charge in [0.1, 0.15) is 0 Å². The monoisotopic (exact) mass is 196 g/mol. The van der Waals surface area contributed by atoms with Crippen LogP contribution < -0.4 is 0 Å². The van der Waals surface area contributed by atoms with Crippen molar-refractivity contribution in [2.24, 2.45) is 0 Å². The Balaban J connectivity index is 2.07. The maximum absolute atomic E-state index is 5.37. The summed E-state index contributed by atoms with van der Waals surface area (Å²) in [4.78, 5) is 0. The number of benzene rings is 1. The maximum atomic E-state index is 5.37. The van der Waals surface area contributed by atoms with Gasteiger partial charge in [-0.3, -0.25) is 0 Å². The van der Waals surface area contributed by atoms with E-state index in [1.807, 2.05) is 6.07 Å². The topological polar surface area (TPSA) is 9.23 Å². The van der Waals surface area contributed by atoms with Crippen LogP contribution in [0.25, 0.3) is 0 Å². The minimum Gasteiger partial charge on any atom is -0.371 e. The second kappa shape index (κ2) is 6.98. The summed E-state index contributed by atoms with van der Waals surface area (Å²) in [5.74, 6) is 0.814. The van der Waals surface area contributed by atoms with Crippen molar-refractivity contribution in [3.05, 3.63) is 35.9 Å². The predicted octanol–water partition coefficient (Wildman–Crippen LogP) is 2.96. The van der Waals surface area contributed by atoms with E-state index in [0.29, 0.717) is 0 Å². The molecule has 0 bridgehead atoms. The van der Waals surface area contributed by atoms with E-state index in [1.54, 1.807) is 11.8 Å². The Bertz CT molecular complexity index is 211. The SMILES string of the molecule is CSCOCCCc1ccccc1. The molecule has 72 valence electrons. The molecule has 0 N–H and O–H groups in total. The second-order valence-corrected chi connectivity index (χ2v) is 3.72. The summed E-state index contributed by atoms with van der Waals surface area (Å²) >= 11 is 1.73. The molecule has 0 aliphatic heterocycles.